The second-order valence-electron chi connectivity index (χ2n) is 2.81. The molecule has 0 saturated carbocycles. The summed E-state index contributed by atoms with van der Waals surface area (Å²) in [5.74, 6) is 0.247. The third-order valence-corrected chi connectivity index (χ3v) is 1.67. The summed E-state index contributed by atoms with van der Waals surface area (Å²) in [6.45, 7) is -0.0130. The molecule has 3 nitrogen and oxygen atoms in total. The second kappa shape index (κ2) is 4.09. The van der Waals surface area contributed by atoms with Crippen molar-refractivity contribution >= 4 is 0 Å². The Kier molecular flexibility index (Phi) is 3.08. The van der Waals surface area contributed by atoms with Crippen LogP contribution in [-0.4, -0.2) is 22.9 Å². The first-order valence-electron chi connectivity index (χ1n) is 3.86. The Bertz CT molecular complexity index is 233. The first-order chi connectivity index (χ1) is 5.72. The molecule has 1 aromatic carbocycles. The van der Waals surface area contributed by atoms with Crippen LogP contribution in [0.1, 0.15) is 5.56 Å². The van der Waals surface area contributed by atoms with Crippen LogP contribution in [0.4, 0.5) is 0 Å². The third-order valence-electron chi connectivity index (χ3n) is 1.67. The van der Waals surface area contributed by atoms with Gasteiger partial charge in [0.15, 0.2) is 0 Å². The zero-order chi connectivity index (χ0) is 8.97. The van der Waals surface area contributed by atoms with Crippen molar-refractivity contribution in [2.75, 3.05) is 6.61 Å². The Labute approximate surface area is 71.5 Å². The summed E-state index contributed by atoms with van der Waals surface area (Å²) in [6, 6.07) is 6.60. The molecule has 4 N–H and O–H groups in total. The van der Waals surface area contributed by atoms with Crippen LogP contribution in [0, 0.1) is 0 Å². The highest BCUT2D eigenvalue weighted by Crippen LogP contribution is 2.10. The summed E-state index contributed by atoms with van der Waals surface area (Å²) in [4.78, 5) is 0. The van der Waals surface area contributed by atoms with Crippen LogP contribution in [0.25, 0.3) is 0 Å². The van der Waals surface area contributed by atoms with Gasteiger partial charge >= 0.3 is 0 Å². The summed E-state index contributed by atoms with van der Waals surface area (Å²) in [5.41, 5.74) is 6.55. The van der Waals surface area contributed by atoms with E-state index in [1.807, 2.05) is 0 Å². The third kappa shape index (κ3) is 2.53. The SMILES string of the molecule is N[C@@H](CO)Cc1ccc(O)cc1. The predicted octanol–water partition coefficient (Wildman–Crippen LogP) is 0.254. The van der Waals surface area contributed by atoms with Gasteiger partial charge in [0.1, 0.15) is 5.75 Å². The van der Waals surface area contributed by atoms with E-state index in [0.717, 1.165) is 5.56 Å². The highest BCUT2D eigenvalue weighted by molar-refractivity contribution is 5.26. The molecule has 0 saturated heterocycles. The van der Waals surface area contributed by atoms with E-state index in [1.165, 1.54) is 0 Å². The molecule has 0 bridgehead atoms. The van der Waals surface area contributed by atoms with Gasteiger partial charge in [-0.3, -0.25) is 0 Å². The molecule has 0 aliphatic carbocycles. The van der Waals surface area contributed by atoms with E-state index in [0.29, 0.717) is 6.42 Å². The average molecular weight is 167 g/mol. The molecule has 0 unspecified atom stereocenters. The lowest BCUT2D eigenvalue weighted by molar-refractivity contribution is 0.265. The molecule has 1 aromatic rings. The number of rotatable bonds is 3. The van der Waals surface area contributed by atoms with Gasteiger partial charge in [0, 0.05) is 6.04 Å². The van der Waals surface area contributed by atoms with Crippen molar-refractivity contribution in [3.63, 3.8) is 0 Å². The van der Waals surface area contributed by atoms with Crippen molar-refractivity contribution in [3.05, 3.63) is 29.8 Å². The quantitative estimate of drug-likeness (QED) is 0.604. The van der Waals surface area contributed by atoms with Gasteiger partial charge in [-0.25, -0.2) is 0 Å². The number of hydrogen-bond donors (Lipinski definition) is 3. The van der Waals surface area contributed by atoms with E-state index < -0.39 is 0 Å². The molecule has 0 fully saturated rings. The summed E-state index contributed by atoms with van der Waals surface area (Å²) < 4.78 is 0. The van der Waals surface area contributed by atoms with Gasteiger partial charge in [-0.1, -0.05) is 12.1 Å². The van der Waals surface area contributed by atoms with E-state index in [2.05, 4.69) is 0 Å². The topological polar surface area (TPSA) is 66.5 Å². The molecule has 0 aliphatic rings. The largest absolute Gasteiger partial charge is 0.508 e. The first-order valence-corrected chi connectivity index (χ1v) is 3.86. The lowest BCUT2D eigenvalue weighted by atomic mass is 10.1. The summed E-state index contributed by atoms with van der Waals surface area (Å²) in [6.07, 6.45) is 0.636. The van der Waals surface area contributed by atoms with Gasteiger partial charge in [-0.2, -0.15) is 0 Å². The Hall–Kier alpha value is -1.06. The van der Waals surface area contributed by atoms with Crippen molar-refractivity contribution < 1.29 is 10.2 Å². The smallest absolute Gasteiger partial charge is 0.115 e. The lowest BCUT2D eigenvalue weighted by Gasteiger charge is -2.07. The minimum atomic E-state index is -0.213. The Balaban J connectivity index is 2.58. The zero-order valence-corrected chi connectivity index (χ0v) is 6.77. The van der Waals surface area contributed by atoms with Gasteiger partial charge in [0.05, 0.1) is 6.61 Å². The maximum Gasteiger partial charge on any atom is 0.115 e. The molecule has 0 aromatic heterocycles. The summed E-state index contributed by atoms with van der Waals surface area (Å²) >= 11 is 0. The molecule has 66 valence electrons. The number of aromatic hydroxyl groups is 1. The molecule has 12 heavy (non-hydrogen) atoms. The molecule has 0 amide bonds. The van der Waals surface area contributed by atoms with Crippen molar-refractivity contribution in [2.24, 2.45) is 5.73 Å². The summed E-state index contributed by atoms with van der Waals surface area (Å²) in [5, 5.41) is 17.6. The molecular formula is C9H13NO2. The minimum Gasteiger partial charge on any atom is -0.508 e. The number of phenolic OH excluding ortho intramolecular Hbond substituents is 1. The van der Waals surface area contributed by atoms with Crippen LogP contribution < -0.4 is 5.73 Å². The van der Waals surface area contributed by atoms with Crippen molar-refractivity contribution in [1.29, 1.82) is 0 Å². The monoisotopic (exact) mass is 167 g/mol. The standard InChI is InChI=1S/C9H13NO2/c10-8(6-11)5-7-1-3-9(12)4-2-7/h1-4,8,11-12H,5-6,10H2/t8-/m1/s1. The van der Waals surface area contributed by atoms with Crippen LogP contribution >= 0.6 is 0 Å². The van der Waals surface area contributed by atoms with Crippen LogP contribution in [0.15, 0.2) is 24.3 Å². The van der Waals surface area contributed by atoms with Crippen LogP contribution in [0.5, 0.6) is 5.75 Å². The number of phenols is 1. The average Bonchev–Trinajstić information content (AvgIpc) is 2.09. The van der Waals surface area contributed by atoms with E-state index in [4.69, 9.17) is 15.9 Å². The molecule has 3 heteroatoms. The Morgan fingerprint density at radius 2 is 1.83 bits per heavy atom. The van der Waals surface area contributed by atoms with E-state index >= 15 is 0 Å². The second-order valence-corrected chi connectivity index (χ2v) is 2.81. The number of benzene rings is 1. The number of hydrogen-bond acceptors (Lipinski definition) is 3. The van der Waals surface area contributed by atoms with Crippen molar-refractivity contribution in [2.45, 2.75) is 12.5 Å². The molecule has 0 spiro atoms. The van der Waals surface area contributed by atoms with Crippen molar-refractivity contribution in [3.8, 4) is 5.75 Å². The van der Waals surface area contributed by atoms with E-state index in [-0.39, 0.29) is 18.4 Å². The van der Waals surface area contributed by atoms with Gasteiger partial charge in [-0.15, -0.1) is 0 Å². The number of aliphatic hydroxyl groups is 1. The van der Waals surface area contributed by atoms with E-state index in [1.54, 1.807) is 24.3 Å². The van der Waals surface area contributed by atoms with Crippen LogP contribution in [0.3, 0.4) is 0 Å². The lowest BCUT2D eigenvalue weighted by Crippen LogP contribution is -2.26. The molecule has 0 radical (unpaired) electrons. The number of aliphatic hydroxyl groups excluding tert-OH is 1. The Morgan fingerprint density at radius 3 is 2.33 bits per heavy atom. The fraction of sp³-hybridized carbons (Fsp3) is 0.333. The fourth-order valence-corrected chi connectivity index (χ4v) is 0.999. The number of nitrogens with two attached hydrogens (primary N) is 1. The predicted molar refractivity (Wildman–Crippen MR) is 46.9 cm³/mol. The Morgan fingerprint density at radius 1 is 1.25 bits per heavy atom. The fourth-order valence-electron chi connectivity index (χ4n) is 0.999. The normalized spacial score (nSPS) is 12.8. The highest BCUT2D eigenvalue weighted by atomic mass is 16.3. The minimum absolute atomic E-state index is 0.0130. The zero-order valence-electron chi connectivity index (χ0n) is 6.77. The van der Waals surface area contributed by atoms with Gasteiger partial charge in [0.2, 0.25) is 0 Å². The van der Waals surface area contributed by atoms with Gasteiger partial charge in [-0.05, 0) is 24.1 Å². The molecular weight excluding hydrogens is 154 g/mol. The molecule has 1 rings (SSSR count). The maximum absolute atomic E-state index is 8.97. The van der Waals surface area contributed by atoms with Gasteiger partial charge in [0.25, 0.3) is 0 Å². The molecule has 0 aliphatic heterocycles. The van der Waals surface area contributed by atoms with E-state index in [9.17, 15) is 0 Å². The van der Waals surface area contributed by atoms with Crippen LogP contribution in [0.2, 0.25) is 0 Å². The molecule has 0 heterocycles. The summed E-state index contributed by atoms with van der Waals surface area (Å²) in [7, 11) is 0. The van der Waals surface area contributed by atoms with Crippen molar-refractivity contribution in [1.82, 2.24) is 0 Å². The highest BCUT2D eigenvalue weighted by Gasteiger charge is 2.01. The van der Waals surface area contributed by atoms with Gasteiger partial charge < -0.3 is 15.9 Å². The molecule has 1 atom stereocenters. The first kappa shape index (κ1) is 9.03. The maximum atomic E-state index is 8.97. The van der Waals surface area contributed by atoms with Crippen LogP contribution in [-0.2, 0) is 6.42 Å².